The van der Waals surface area contributed by atoms with E-state index >= 15 is 0 Å². The van der Waals surface area contributed by atoms with Crippen LogP contribution in [-0.4, -0.2) is 16.3 Å². The van der Waals surface area contributed by atoms with E-state index in [0.29, 0.717) is 6.54 Å². The Morgan fingerprint density at radius 3 is 2.33 bits per heavy atom. The molecule has 2 N–H and O–H groups in total. The largest absolute Gasteiger partial charge is 0.330 e. The van der Waals surface area contributed by atoms with E-state index in [2.05, 4.69) is 12.0 Å². The van der Waals surface area contributed by atoms with Crippen LogP contribution >= 0.6 is 12.4 Å². The number of halogens is 1. The summed E-state index contributed by atoms with van der Waals surface area (Å²) in [5.41, 5.74) is 9.11. The quantitative estimate of drug-likeness (QED) is 0.754. The molecule has 0 amide bonds. The predicted octanol–water partition coefficient (Wildman–Crippen LogP) is 0.960. The molecule has 4 heteroatoms. The maximum absolute atomic E-state index is 5.47. The smallest absolute Gasteiger partial charge is 0.0628 e. The van der Waals surface area contributed by atoms with Crippen molar-refractivity contribution in [1.82, 2.24) is 9.78 Å². The third kappa shape index (κ3) is 1.99. The number of aromatic nitrogens is 2. The van der Waals surface area contributed by atoms with Crippen molar-refractivity contribution >= 4 is 12.4 Å². The lowest BCUT2D eigenvalue weighted by Crippen LogP contribution is -2.04. The van der Waals surface area contributed by atoms with Gasteiger partial charge in [0.15, 0.2) is 0 Å². The van der Waals surface area contributed by atoms with Gasteiger partial charge in [0.25, 0.3) is 0 Å². The zero-order chi connectivity index (χ0) is 8.43. The van der Waals surface area contributed by atoms with Crippen molar-refractivity contribution in [3.8, 4) is 0 Å². The molecule has 0 saturated heterocycles. The van der Waals surface area contributed by atoms with E-state index in [-0.39, 0.29) is 12.4 Å². The molecular weight excluding hydrogens is 174 g/mol. The van der Waals surface area contributed by atoms with Crippen LogP contribution in [0, 0.1) is 13.8 Å². The summed E-state index contributed by atoms with van der Waals surface area (Å²) in [4.78, 5) is 0. The van der Waals surface area contributed by atoms with Crippen LogP contribution in [0.1, 0.15) is 17.0 Å². The van der Waals surface area contributed by atoms with Crippen LogP contribution in [0.25, 0.3) is 0 Å². The molecule has 0 aliphatic carbocycles. The average molecular weight is 190 g/mol. The molecule has 0 aromatic carbocycles. The predicted molar refractivity (Wildman–Crippen MR) is 52.7 cm³/mol. The number of nitrogens with two attached hydrogens (primary N) is 1. The first-order valence-electron chi connectivity index (χ1n) is 3.86. The molecule has 0 spiro atoms. The van der Waals surface area contributed by atoms with Crippen molar-refractivity contribution in [2.75, 3.05) is 6.54 Å². The molecular formula is C8H16ClN3. The van der Waals surface area contributed by atoms with E-state index in [0.717, 1.165) is 12.1 Å². The first-order chi connectivity index (χ1) is 5.16. The molecule has 1 aromatic heterocycles. The molecule has 0 unspecified atom stereocenters. The van der Waals surface area contributed by atoms with Crippen molar-refractivity contribution in [1.29, 1.82) is 0 Å². The Hall–Kier alpha value is -0.540. The molecule has 1 heterocycles. The Kier molecular flexibility index (Phi) is 4.28. The molecule has 0 aliphatic rings. The van der Waals surface area contributed by atoms with Gasteiger partial charge in [-0.25, -0.2) is 0 Å². The van der Waals surface area contributed by atoms with Crippen LogP contribution < -0.4 is 5.73 Å². The Balaban J connectivity index is 0.00000121. The normalized spacial score (nSPS) is 9.67. The molecule has 12 heavy (non-hydrogen) atoms. The molecule has 0 saturated carbocycles. The second kappa shape index (κ2) is 4.48. The Bertz CT molecular complexity index is 255. The van der Waals surface area contributed by atoms with Gasteiger partial charge in [-0.3, -0.25) is 4.68 Å². The summed E-state index contributed by atoms with van der Waals surface area (Å²) in [6.07, 6.45) is 0.936. The van der Waals surface area contributed by atoms with E-state index in [1.165, 1.54) is 11.3 Å². The van der Waals surface area contributed by atoms with Gasteiger partial charge in [0.2, 0.25) is 0 Å². The van der Waals surface area contributed by atoms with Crippen molar-refractivity contribution < 1.29 is 0 Å². The maximum Gasteiger partial charge on any atom is 0.0628 e. The molecule has 0 bridgehead atoms. The highest BCUT2D eigenvalue weighted by Gasteiger charge is 2.06. The van der Waals surface area contributed by atoms with Crippen LogP contribution in [0.5, 0.6) is 0 Å². The summed E-state index contributed by atoms with van der Waals surface area (Å²) in [6.45, 7) is 4.80. The number of hydrogen-bond donors (Lipinski definition) is 1. The first kappa shape index (κ1) is 11.5. The molecule has 1 rings (SSSR count). The number of rotatable bonds is 2. The number of hydrogen-bond acceptors (Lipinski definition) is 2. The summed E-state index contributed by atoms with van der Waals surface area (Å²) < 4.78 is 1.90. The van der Waals surface area contributed by atoms with E-state index in [1.807, 2.05) is 18.7 Å². The molecule has 0 aliphatic heterocycles. The highest BCUT2D eigenvalue weighted by atomic mass is 35.5. The monoisotopic (exact) mass is 189 g/mol. The lowest BCUT2D eigenvalue weighted by molar-refractivity contribution is 0.730. The van der Waals surface area contributed by atoms with Gasteiger partial charge in [0.05, 0.1) is 5.69 Å². The lowest BCUT2D eigenvalue weighted by atomic mass is 10.1. The molecule has 70 valence electrons. The van der Waals surface area contributed by atoms with E-state index in [1.54, 1.807) is 0 Å². The third-order valence-electron chi connectivity index (χ3n) is 2.05. The summed E-state index contributed by atoms with van der Waals surface area (Å²) >= 11 is 0. The minimum absolute atomic E-state index is 0. The van der Waals surface area contributed by atoms with Crippen molar-refractivity contribution in [3.63, 3.8) is 0 Å². The fourth-order valence-electron chi connectivity index (χ4n) is 1.32. The number of aryl methyl sites for hydroxylation is 2. The minimum atomic E-state index is 0. The van der Waals surface area contributed by atoms with E-state index in [4.69, 9.17) is 5.73 Å². The third-order valence-corrected chi connectivity index (χ3v) is 2.05. The lowest BCUT2D eigenvalue weighted by Gasteiger charge is -1.97. The summed E-state index contributed by atoms with van der Waals surface area (Å²) in [6, 6.07) is 0. The van der Waals surface area contributed by atoms with E-state index in [9.17, 15) is 0 Å². The minimum Gasteiger partial charge on any atom is -0.330 e. The standard InChI is InChI=1S/C8H15N3.ClH/c1-6-8(4-5-9)7(2)11(3)10-6;/h4-5,9H2,1-3H3;1H. The second-order valence-electron chi connectivity index (χ2n) is 2.81. The van der Waals surface area contributed by atoms with Gasteiger partial charge in [-0.2, -0.15) is 5.10 Å². The van der Waals surface area contributed by atoms with Crippen LogP contribution in [0.4, 0.5) is 0 Å². The zero-order valence-corrected chi connectivity index (χ0v) is 8.61. The Morgan fingerprint density at radius 2 is 2.00 bits per heavy atom. The van der Waals surface area contributed by atoms with Crippen molar-refractivity contribution in [3.05, 3.63) is 17.0 Å². The van der Waals surface area contributed by atoms with E-state index < -0.39 is 0 Å². The van der Waals surface area contributed by atoms with Gasteiger partial charge in [-0.05, 0) is 32.4 Å². The highest BCUT2D eigenvalue weighted by Crippen LogP contribution is 2.11. The first-order valence-corrected chi connectivity index (χ1v) is 3.86. The van der Waals surface area contributed by atoms with Gasteiger partial charge < -0.3 is 5.73 Å². The van der Waals surface area contributed by atoms with Gasteiger partial charge in [0, 0.05) is 12.7 Å². The summed E-state index contributed by atoms with van der Waals surface area (Å²) in [5, 5.41) is 4.29. The fourth-order valence-corrected chi connectivity index (χ4v) is 1.32. The molecule has 0 atom stereocenters. The highest BCUT2D eigenvalue weighted by molar-refractivity contribution is 5.85. The SMILES string of the molecule is Cc1nn(C)c(C)c1CCN.Cl. The summed E-state index contributed by atoms with van der Waals surface area (Å²) in [7, 11) is 1.96. The maximum atomic E-state index is 5.47. The van der Waals surface area contributed by atoms with Crippen LogP contribution in [0.15, 0.2) is 0 Å². The summed E-state index contributed by atoms with van der Waals surface area (Å²) in [5.74, 6) is 0. The van der Waals surface area contributed by atoms with Crippen molar-refractivity contribution in [2.45, 2.75) is 20.3 Å². The van der Waals surface area contributed by atoms with Crippen LogP contribution in [-0.2, 0) is 13.5 Å². The Labute approximate surface area is 79.4 Å². The van der Waals surface area contributed by atoms with Gasteiger partial charge in [-0.15, -0.1) is 12.4 Å². The van der Waals surface area contributed by atoms with Gasteiger partial charge in [0.1, 0.15) is 0 Å². The van der Waals surface area contributed by atoms with Gasteiger partial charge >= 0.3 is 0 Å². The zero-order valence-electron chi connectivity index (χ0n) is 7.79. The van der Waals surface area contributed by atoms with Crippen LogP contribution in [0.2, 0.25) is 0 Å². The molecule has 3 nitrogen and oxygen atoms in total. The topological polar surface area (TPSA) is 43.8 Å². The van der Waals surface area contributed by atoms with Gasteiger partial charge in [-0.1, -0.05) is 0 Å². The second-order valence-corrected chi connectivity index (χ2v) is 2.81. The molecule has 1 aromatic rings. The molecule has 0 fully saturated rings. The number of nitrogens with zero attached hydrogens (tertiary/aromatic N) is 2. The van der Waals surface area contributed by atoms with Crippen molar-refractivity contribution in [2.24, 2.45) is 12.8 Å². The fraction of sp³-hybridized carbons (Fsp3) is 0.625. The average Bonchev–Trinajstić information content (AvgIpc) is 2.17. The Morgan fingerprint density at radius 1 is 1.42 bits per heavy atom. The van der Waals surface area contributed by atoms with Crippen LogP contribution in [0.3, 0.4) is 0 Å². The molecule has 0 radical (unpaired) electrons.